The minimum atomic E-state index is -1.52. The Morgan fingerprint density at radius 1 is 1.31 bits per heavy atom. The minimum Gasteiger partial charge on any atom is -0.469 e. The Bertz CT molecular complexity index is 373. The topological polar surface area (TPSA) is 38.3 Å². The highest BCUT2D eigenvalue weighted by Gasteiger charge is 2.10. The van der Waals surface area contributed by atoms with Gasteiger partial charge in [0, 0.05) is 24.4 Å². The fourth-order valence-electron chi connectivity index (χ4n) is 1.07. The van der Waals surface area contributed by atoms with Crippen molar-refractivity contribution in [3.63, 3.8) is 0 Å². The van der Waals surface area contributed by atoms with E-state index in [9.17, 15) is 18.0 Å². The highest BCUT2D eigenvalue weighted by Crippen LogP contribution is 2.17. The first-order chi connectivity index (χ1) is 7.54. The van der Waals surface area contributed by atoms with E-state index in [1.54, 1.807) is 0 Å². The van der Waals surface area contributed by atoms with E-state index < -0.39 is 23.4 Å². The Hall–Kier alpha value is -1.72. The summed E-state index contributed by atoms with van der Waals surface area (Å²) in [6.45, 7) is 0.150. The second kappa shape index (κ2) is 5.39. The summed E-state index contributed by atoms with van der Waals surface area (Å²) >= 11 is 0. The molecule has 0 aliphatic carbocycles. The monoisotopic (exact) mass is 233 g/mol. The highest BCUT2D eigenvalue weighted by atomic mass is 19.2. The van der Waals surface area contributed by atoms with Crippen molar-refractivity contribution in [2.24, 2.45) is 0 Å². The number of nitrogens with one attached hydrogen (secondary N) is 1. The molecular weight excluding hydrogens is 223 g/mol. The average Bonchev–Trinajstić information content (AvgIpc) is 2.25. The standard InChI is InChI=1S/C10H10F3NO2/c1-16-9(15)2-3-14-6-4-7(11)10(13)8(12)5-6/h4-5,14H,2-3H2,1H3. The summed E-state index contributed by atoms with van der Waals surface area (Å²) in [4.78, 5) is 10.7. The Morgan fingerprint density at radius 3 is 2.38 bits per heavy atom. The maximum absolute atomic E-state index is 12.7. The second-order valence-corrected chi connectivity index (χ2v) is 3.01. The lowest BCUT2D eigenvalue weighted by Crippen LogP contribution is -2.10. The number of methoxy groups -OCH3 is 1. The first-order valence-electron chi connectivity index (χ1n) is 4.50. The van der Waals surface area contributed by atoms with E-state index in [4.69, 9.17) is 0 Å². The van der Waals surface area contributed by atoms with Crippen molar-refractivity contribution >= 4 is 11.7 Å². The zero-order chi connectivity index (χ0) is 12.1. The van der Waals surface area contributed by atoms with Crippen LogP contribution in [0.2, 0.25) is 0 Å². The minimum absolute atomic E-state index is 0.0527. The molecule has 0 atom stereocenters. The van der Waals surface area contributed by atoms with Crippen LogP contribution in [0.1, 0.15) is 6.42 Å². The van der Waals surface area contributed by atoms with Gasteiger partial charge in [-0.1, -0.05) is 0 Å². The summed E-state index contributed by atoms with van der Waals surface area (Å²) in [5.74, 6) is -4.52. The third-order valence-corrected chi connectivity index (χ3v) is 1.87. The van der Waals surface area contributed by atoms with Crippen LogP contribution in [0.25, 0.3) is 0 Å². The van der Waals surface area contributed by atoms with Gasteiger partial charge < -0.3 is 10.1 Å². The molecule has 16 heavy (non-hydrogen) atoms. The molecule has 0 amide bonds. The normalized spacial score (nSPS) is 10.0. The number of rotatable bonds is 4. The van der Waals surface area contributed by atoms with E-state index >= 15 is 0 Å². The molecule has 0 saturated heterocycles. The van der Waals surface area contributed by atoms with Gasteiger partial charge in [-0.15, -0.1) is 0 Å². The SMILES string of the molecule is COC(=O)CCNc1cc(F)c(F)c(F)c1. The van der Waals surface area contributed by atoms with Gasteiger partial charge in [0.1, 0.15) is 0 Å². The van der Waals surface area contributed by atoms with E-state index in [2.05, 4.69) is 10.1 Å². The number of hydrogen-bond donors (Lipinski definition) is 1. The molecule has 1 aromatic rings. The number of benzene rings is 1. The molecule has 88 valence electrons. The first kappa shape index (κ1) is 12.4. The van der Waals surface area contributed by atoms with Crippen molar-refractivity contribution in [2.45, 2.75) is 6.42 Å². The Morgan fingerprint density at radius 2 is 1.88 bits per heavy atom. The van der Waals surface area contributed by atoms with Crippen LogP contribution in [0.4, 0.5) is 18.9 Å². The van der Waals surface area contributed by atoms with Gasteiger partial charge in [-0.25, -0.2) is 13.2 Å². The van der Waals surface area contributed by atoms with Crippen LogP contribution in [-0.2, 0) is 9.53 Å². The van der Waals surface area contributed by atoms with E-state index in [0.29, 0.717) is 0 Å². The quantitative estimate of drug-likeness (QED) is 0.639. The van der Waals surface area contributed by atoms with Crippen LogP contribution in [0, 0.1) is 17.5 Å². The summed E-state index contributed by atoms with van der Waals surface area (Å²) in [5.41, 5.74) is 0.0697. The number of anilines is 1. The summed E-state index contributed by atoms with van der Waals surface area (Å²) in [7, 11) is 1.24. The Balaban J connectivity index is 2.58. The summed E-state index contributed by atoms with van der Waals surface area (Å²) < 4.78 is 42.4. The predicted molar refractivity (Wildman–Crippen MR) is 51.4 cm³/mol. The number of esters is 1. The third kappa shape index (κ3) is 3.15. The second-order valence-electron chi connectivity index (χ2n) is 3.01. The molecule has 6 heteroatoms. The molecule has 0 aliphatic heterocycles. The largest absolute Gasteiger partial charge is 0.469 e. The smallest absolute Gasteiger partial charge is 0.307 e. The van der Waals surface area contributed by atoms with Gasteiger partial charge in [-0.05, 0) is 0 Å². The molecular formula is C10H10F3NO2. The molecule has 0 saturated carbocycles. The lowest BCUT2D eigenvalue weighted by atomic mass is 10.2. The van der Waals surface area contributed by atoms with Gasteiger partial charge in [0.05, 0.1) is 13.5 Å². The summed E-state index contributed by atoms with van der Waals surface area (Å²) in [6, 6.07) is 1.63. The van der Waals surface area contributed by atoms with Crippen molar-refractivity contribution in [1.82, 2.24) is 0 Å². The highest BCUT2D eigenvalue weighted by molar-refractivity contribution is 5.69. The molecule has 0 bridgehead atoms. The fraction of sp³-hybridized carbons (Fsp3) is 0.300. The first-order valence-corrected chi connectivity index (χ1v) is 4.50. The molecule has 1 rings (SSSR count). The van der Waals surface area contributed by atoms with Crippen molar-refractivity contribution < 1.29 is 22.7 Å². The molecule has 3 nitrogen and oxygen atoms in total. The maximum atomic E-state index is 12.7. The van der Waals surface area contributed by atoms with Crippen LogP contribution in [0.5, 0.6) is 0 Å². The van der Waals surface area contributed by atoms with Crippen molar-refractivity contribution in [1.29, 1.82) is 0 Å². The lowest BCUT2D eigenvalue weighted by Gasteiger charge is -2.06. The lowest BCUT2D eigenvalue weighted by molar-refractivity contribution is -0.140. The van der Waals surface area contributed by atoms with E-state index in [1.165, 1.54) is 7.11 Å². The van der Waals surface area contributed by atoms with Gasteiger partial charge in [0.2, 0.25) is 0 Å². The molecule has 0 fully saturated rings. The van der Waals surface area contributed by atoms with E-state index in [1.807, 2.05) is 0 Å². The van der Waals surface area contributed by atoms with E-state index in [0.717, 1.165) is 12.1 Å². The van der Waals surface area contributed by atoms with Gasteiger partial charge in [-0.3, -0.25) is 4.79 Å². The fourth-order valence-corrected chi connectivity index (χ4v) is 1.07. The van der Waals surface area contributed by atoms with Crippen LogP contribution >= 0.6 is 0 Å². The number of hydrogen-bond acceptors (Lipinski definition) is 3. The van der Waals surface area contributed by atoms with Crippen LogP contribution in [-0.4, -0.2) is 19.6 Å². The van der Waals surface area contributed by atoms with Crippen molar-refractivity contribution in [2.75, 3.05) is 19.0 Å². The number of carbonyl (C=O) groups is 1. The van der Waals surface area contributed by atoms with Crippen LogP contribution < -0.4 is 5.32 Å². The molecule has 1 aromatic carbocycles. The van der Waals surface area contributed by atoms with Gasteiger partial charge >= 0.3 is 5.97 Å². The summed E-state index contributed by atoms with van der Waals surface area (Å²) in [6.07, 6.45) is 0.0527. The van der Waals surface area contributed by atoms with Gasteiger partial charge in [-0.2, -0.15) is 0 Å². The van der Waals surface area contributed by atoms with E-state index in [-0.39, 0.29) is 18.7 Å². The molecule has 1 N–H and O–H groups in total. The van der Waals surface area contributed by atoms with Crippen molar-refractivity contribution in [3.8, 4) is 0 Å². The molecule has 0 heterocycles. The number of carbonyl (C=O) groups excluding carboxylic acids is 1. The van der Waals surface area contributed by atoms with Gasteiger partial charge in [0.25, 0.3) is 0 Å². The zero-order valence-electron chi connectivity index (χ0n) is 8.52. The molecule has 0 aliphatic rings. The Kier molecular flexibility index (Phi) is 4.16. The van der Waals surface area contributed by atoms with Crippen LogP contribution in [0.3, 0.4) is 0 Å². The molecule has 0 aromatic heterocycles. The van der Waals surface area contributed by atoms with Gasteiger partial charge in [0.15, 0.2) is 17.5 Å². The summed E-state index contributed by atoms with van der Waals surface area (Å²) in [5, 5.41) is 2.57. The zero-order valence-corrected chi connectivity index (χ0v) is 8.52. The predicted octanol–water partition coefficient (Wildman–Crippen LogP) is 2.08. The van der Waals surface area contributed by atoms with Crippen molar-refractivity contribution in [3.05, 3.63) is 29.6 Å². The molecule has 0 spiro atoms. The number of ether oxygens (including phenoxy) is 1. The average molecular weight is 233 g/mol. The van der Waals surface area contributed by atoms with Crippen LogP contribution in [0.15, 0.2) is 12.1 Å². The third-order valence-electron chi connectivity index (χ3n) is 1.87. The Labute approximate surface area is 90.2 Å². The molecule has 0 radical (unpaired) electrons. The number of halogens is 3. The maximum Gasteiger partial charge on any atom is 0.307 e. The molecule has 0 unspecified atom stereocenters.